The molecule has 2 bridgehead atoms. The summed E-state index contributed by atoms with van der Waals surface area (Å²) < 4.78 is 5.43. The molecule has 4 aliphatic rings. The third kappa shape index (κ3) is 3.11. The molecule has 0 spiro atoms. The Balaban J connectivity index is 1.62. The summed E-state index contributed by atoms with van der Waals surface area (Å²) in [5.41, 5.74) is 0.212. The van der Waals surface area contributed by atoms with Crippen molar-refractivity contribution in [3.63, 3.8) is 0 Å². The van der Waals surface area contributed by atoms with Crippen LogP contribution in [0.2, 0.25) is 0 Å². The van der Waals surface area contributed by atoms with Crippen LogP contribution in [0.4, 0.5) is 0 Å². The molecule has 26 heavy (non-hydrogen) atoms. The van der Waals surface area contributed by atoms with Gasteiger partial charge in [-0.2, -0.15) is 5.26 Å². The second-order valence-electron chi connectivity index (χ2n) is 7.67. The molecule has 3 saturated heterocycles. The molecule has 0 radical (unpaired) electrons. The van der Waals surface area contributed by atoms with E-state index in [1.54, 1.807) is 24.3 Å². The monoisotopic (exact) mass is 355 g/mol. The zero-order valence-electron chi connectivity index (χ0n) is 14.9. The van der Waals surface area contributed by atoms with Gasteiger partial charge in [0.1, 0.15) is 0 Å². The Labute approximate surface area is 154 Å². The van der Waals surface area contributed by atoms with Gasteiger partial charge in [0, 0.05) is 31.2 Å². The molecular formula is C20H25N3O3. The lowest BCUT2D eigenvalue weighted by Gasteiger charge is -2.57. The Morgan fingerprint density at radius 3 is 2.73 bits per heavy atom. The largest absolute Gasteiger partial charge is 0.388 e. The van der Waals surface area contributed by atoms with Crippen LogP contribution in [0.3, 0.4) is 0 Å². The molecule has 3 aliphatic heterocycles. The van der Waals surface area contributed by atoms with Gasteiger partial charge in [-0.15, -0.1) is 0 Å². The van der Waals surface area contributed by atoms with E-state index in [2.05, 4.69) is 11.0 Å². The first kappa shape index (κ1) is 17.5. The van der Waals surface area contributed by atoms with E-state index in [1.807, 2.05) is 4.90 Å². The Morgan fingerprint density at radius 2 is 2.04 bits per heavy atom. The summed E-state index contributed by atoms with van der Waals surface area (Å²) in [6.45, 7) is 3.76. The summed E-state index contributed by atoms with van der Waals surface area (Å²) in [5.74, 6) is -0.0665. The van der Waals surface area contributed by atoms with Crippen LogP contribution >= 0.6 is 0 Å². The van der Waals surface area contributed by atoms with Gasteiger partial charge in [0.15, 0.2) is 0 Å². The highest BCUT2D eigenvalue weighted by Gasteiger charge is 2.53. The molecule has 3 heterocycles. The van der Waals surface area contributed by atoms with Crippen molar-refractivity contribution >= 4 is 5.91 Å². The first-order chi connectivity index (χ1) is 12.6. The summed E-state index contributed by atoms with van der Waals surface area (Å²) >= 11 is 0. The van der Waals surface area contributed by atoms with Crippen molar-refractivity contribution in [3.8, 4) is 6.07 Å². The summed E-state index contributed by atoms with van der Waals surface area (Å²) in [6.07, 6.45) is 3.21. The molecule has 1 amide bonds. The molecule has 1 atom stereocenters. The predicted octanol–water partition coefficient (Wildman–Crippen LogP) is 1.39. The van der Waals surface area contributed by atoms with Gasteiger partial charge in [-0.05, 0) is 43.9 Å². The first-order valence-electron chi connectivity index (χ1n) is 9.46. The van der Waals surface area contributed by atoms with Gasteiger partial charge in [0.25, 0.3) is 5.91 Å². The van der Waals surface area contributed by atoms with E-state index in [1.165, 1.54) is 0 Å². The van der Waals surface area contributed by atoms with Crippen molar-refractivity contribution in [2.24, 2.45) is 0 Å². The molecule has 1 aromatic rings. The van der Waals surface area contributed by atoms with Crippen LogP contribution in [-0.4, -0.2) is 71.3 Å². The van der Waals surface area contributed by atoms with Gasteiger partial charge in [-0.1, -0.05) is 6.07 Å². The van der Waals surface area contributed by atoms with E-state index < -0.39 is 5.60 Å². The number of piperidine rings is 2. The average Bonchev–Trinajstić information content (AvgIpc) is 2.69. The lowest BCUT2D eigenvalue weighted by molar-refractivity contribution is -0.138. The zero-order chi connectivity index (χ0) is 18.1. The minimum Gasteiger partial charge on any atom is -0.388 e. The Bertz CT molecular complexity index is 715. The molecule has 6 heteroatoms. The van der Waals surface area contributed by atoms with E-state index in [4.69, 9.17) is 10.00 Å². The van der Waals surface area contributed by atoms with Crippen molar-refractivity contribution in [1.82, 2.24) is 9.80 Å². The Morgan fingerprint density at radius 1 is 1.31 bits per heavy atom. The summed E-state index contributed by atoms with van der Waals surface area (Å²) in [4.78, 5) is 17.5. The quantitative estimate of drug-likeness (QED) is 0.887. The minimum absolute atomic E-state index is 0.0665. The molecule has 1 aromatic carbocycles. The van der Waals surface area contributed by atoms with Gasteiger partial charge >= 0.3 is 0 Å². The Hall–Kier alpha value is -1.94. The highest BCUT2D eigenvalue weighted by Crippen LogP contribution is 2.43. The number of rotatable bonds is 3. The molecule has 5 rings (SSSR count). The number of morpholine rings is 1. The number of hydrogen-bond donors (Lipinski definition) is 1. The molecule has 0 aromatic heterocycles. The summed E-state index contributed by atoms with van der Waals surface area (Å²) in [6, 6.07) is 8.95. The third-order valence-corrected chi connectivity index (χ3v) is 6.18. The van der Waals surface area contributed by atoms with Crippen molar-refractivity contribution < 1.29 is 14.6 Å². The summed E-state index contributed by atoms with van der Waals surface area (Å²) in [5, 5.41) is 20.4. The van der Waals surface area contributed by atoms with Crippen molar-refractivity contribution in [2.75, 3.05) is 32.8 Å². The minimum atomic E-state index is -0.810. The fourth-order valence-electron chi connectivity index (χ4n) is 4.69. The lowest BCUT2D eigenvalue weighted by Crippen LogP contribution is -2.69. The summed E-state index contributed by atoms with van der Waals surface area (Å²) in [7, 11) is 0. The number of ether oxygens (including phenoxy) is 1. The molecular weight excluding hydrogens is 330 g/mol. The standard InChI is InChI=1S/C20H25N3O3/c21-13-15-2-1-3-16(12-15)19(24)23-17-4-6-20(25,7-5-17)18(23)14-22-8-10-26-11-9-22/h1-3,12,17-18,25H,4-11,14H2. The Kier molecular flexibility index (Phi) is 4.70. The van der Waals surface area contributed by atoms with Gasteiger partial charge in [0.2, 0.25) is 0 Å². The van der Waals surface area contributed by atoms with E-state index in [0.29, 0.717) is 30.9 Å². The fraction of sp³-hybridized carbons (Fsp3) is 0.600. The number of aliphatic hydroxyl groups is 1. The first-order valence-corrected chi connectivity index (χ1v) is 9.46. The maximum atomic E-state index is 13.3. The van der Waals surface area contributed by atoms with Crippen LogP contribution in [0.1, 0.15) is 41.6 Å². The van der Waals surface area contributed by atoms with Crippen LogP contribution in [0.25, 0.3) is 0 Å². The molecule has 1 aliphatic carbocycles. The lowest BCUT2D eigenvalue weighted by atomic mass is 9.70. The SMILES string of the molecule is N#Cc1cccc(C(=O)N2C3CCC(O)(CC3)C2CN2CCOCC2)c1. The van der Waals surface area contributed by atoms with Crippen LogP contribution < -0.4 is 0 Å². The molecule has 1 unspecified atom stereocenters. The molecule has 4 fully saturated rings. The van der Waals surface area contributed by atoms with E-state index >= 15 is 0 Å². The second kappa shape index (κ2) is 6.99. The predicted molar refractivity (Wildman–Crippen MR) is 95.6 cm³/mol. The topological polar surface area (TPSA) is 76.8 Å². The average molecular weight is 355 g/mol. The van der Waals surface area contributed by atoms with Gasteiger partial charge < -0.3 is 14.7 Å². The maximum absolute atomic E-state index is 13.3. The van der Waals surface area contributed by atoms with Gasteiger partial charge in [0.05, 0.1) is 36.5 Å². The molecule has 6 nitrogen and oxygen atoms in total. The number of carbonyl (C=O) groups is 1. The number of carbonyl (C=O) groups excluding carboxylic acids is 1. The van der Waals surface area contributed by atoms with Gasteiger partial charge in [-0.3, -0.25) is 9.69 Å². The number of nitriles is 1. The van der Waals surface area contributed by atoms with Crippen molar-refractivity contribution in [2.45, 2.75) is 43.4 Å². The number of benzene rings is 1. The van der Waals surface area contributed by atoms with E-state index in [-0.39, 0.29) is 18.0 Å². The molecule has 1 N–H and O–H groups in total. The normalized spacial score (nSPS) is 31.6. The second-order valence-corrected chi connectivity index (χ2v) is 7.67. The van der Waals surface area contributed by atoms with Crippen LogP contribution in [-0.2, 0) is 4.74 Å². The van der Waals surface area contributed by atoms with E-state index in [0.717, 1.165) is 38.8 Å². The number of fused-ring (bicyclic) bond motifs is 3. The van der Waals surface area contributed by atoms with Crippen LogP contribution in [0.15, 0.2) is 24.3 Å². The maximum Gasteiger partial charge on any atom is 0.254 e. The van der Waals surface area contributed by atoms with Crippen molar-refractivity contribution in [3.05, 3.63) is 35.4 Å². The van der Waals surface area contributed by atoms with Crippen LogP contribution in [0, 0.1) is 11.3 Å². The van der Waals surface area contributed by atoms with E-state index in [9.17, 15) is 9.90 Å². The fourth-order valence-corrected chi connectivity index (χ4v) is 4.69. The van der Waals surface area contributed by atoms with Gasteiger partial charge in [-0.25, -0.2) is 0 Å². The van der Waals surface area contributed by atoms with Crippen LogP contribution in [0.5, 0.6) is 0 Å². The number of amides is 1. The molecule has 1 saturated carbocycles. The number of hydrogen-bond acceptors (Lipinski definition) is 5. The zero-order valence-corrected chi connectivity index (χ0v) is 14.9. The smallest absolute Gasteiger partial charge is 0.254 e. The van der Waals surface area contributed by atoms with Crippen molar-refractivity contribution in [1.29, 1.82) is 5.26 Å². The highest BCUT2D eigenvalue weighted by atomic mass is 16.5. The number of nitrogens with zero attached hydrogens (tertiary/aromatic N) is 3. The highest BCUT2D eigenvalue weighted by molar-refractivity contribution is 5.95. The molecule has 138 valence electrons. The third-order valence-electron chi connectivity index (χ3n) is 6.18.